The number of nitrogens with one attached hydrogen (secondary N) is 1. The van der Waals surface area contributed by atoms with Gasteiger partial charge in [-0.2, -0.15) is 0 Å². The Morgan fingerprint density at radius 2 is 1.81 bits per heavy atom. The molecule has 21 heavy (non-hydrogen) atoms. The molecule has 2 aromatic carbocycles. The van der Waals surface area contributed by atoms with Gasteiger partial charge in [0.2, 0.25) is 0 Å². The van der Waals surface area contributed by atoms with E-state index in [1.165, 1.54) is 18.2 Å². The van der Waals surface area contributed by atoms with Gasteiger partial charge >= 0.3 is 5.97 Å². The van der Waals surface area contributed by atoms with Crippen molar-refractivity contribution in [2.24, 2.45) is 0 Å². The summed E-state index contributed by atoms with van der Waals surface area (Å²) in [6, 6.07) is 9.22. The molecule has 0 aliphatic carbocycles. The Morgan fingerprint density at radius 3 is 2.43 bits per heavy atom. The molecular weight excluding hydrogens is 381 g/mol. The number of halogens is 3. The number of carboxylic acids is 1. The molecular formula is C14H8BrCl2NO3. The highest BCUT2D eigenvalue weighted by Crippen LogP contribution is 2.26. The van der Waals surface area contributed by atoms with E-state index in [0.29, 0.717) is 0 Å². The van der Waals surface area contributed by atoms with Gasteiger partial charge in [0.1, 0.15) is 5.56 Å². The molecule has 0 saturated carbocycles. The van der Waals surface area contributed by atoms with E-state index in [1.807, 2.05) is 0 Å². The smallest absolute Gasteiger partial charge is 0.339 e. The molecule has 0 fully saturated rings. The maximum Gasteiger partial charge on any atom is 0.339 e. The summed E-state index contributed by atoms with van der Waals surface area (Å²) in [6.45, 7) is 0. The topological polar surface area (TPSA) is 66.4 Å². The number of amides is 1. The second-order valence-corrected chi connectivity index (χ2v) is 5.78. The third kappa shape index (κ3) is 3.56. The van der Waals surface area contributed by atoms with E-state index in [-0.39, 0.29) is 26.9 Å². The summed E-state index contributed by atoms with van der Waals surface area (Å²) in [7, 11) is 0. The second-order valence-electron chi connectivity index (χ2n) is 4.05. The Bertz CT molecular complexity index is 734. The highest BCUT2D eigenvalue weighted by Gasteiger charge is 2.18. The Kier molecular flexibility index (Phi) is 4.88. The predicted molar refractivity (Wildman–Crippen MR) is 85.5 cm³/mol. The molecule has 2 rings (SSSR count). The summed E-state index contributed by atoms with van der Waals surface area (Å²) in [5, 5.41) is 12.0. The molecule has 4 nitrogen and oxygen atoms in total. The van der Waals surface area contributed by atoms with Crippen molar-refractivity contribution in [2.45, 2.75) is 0 Å². The number of carbonyl (C=O) groups excluding carboxylic acids is 1. The lowest BCUT2D eigenvalue weighted by Crippen LogP contribution is -2.15. The largest absolute Gasteiger partial charge is 0.478 e. The van der Waals surface area contributed by atoms with Crippen molar-refractivity contribution in [1.29, 1.82) is 0 Å². The number of benzene rings is 2. The van der Waals surface area contributed by atoms with E-state index >= 15 is 0 Å². The van der Waals surface area contributed by atoms with E-state index in [9.17, 15) is 9.59 Å². The van der Waals surface area contributed by atoms with Gasteiger partial charge in [0.25, 0.3) is 5.91 Å². The van der Waals surface area contributed by atoms with E-state index in [4.69, 9.17) is 28.3 Å². The molecule has 0 aromatic heterocycles. The molecule has 0 heterocycles. The average Bonchev–Trinajstić information content (AvgIpc) is 2.37. The number of carboxylic acid groups (broad SMARTS) is 1. The van der Waals surface area contributed by atoms with E-state index in [1.54, 1.807) is 18.2 Å². The average molecular weight is 389 g/mol. The molecule has 1 amide bonds. The van der Waals surface area contributed by atoms with Crippen LogP contribution in [-0.2, 0) is 0 Å². The third-order valence-electron chi connectivity index (χ3n) is 2.65. The normalized spacial score (nSPS) is 10.2. The van der Waals surface area contributed by atoms with Crippen LogP contribution in [0.1, 0.15) is 20.7 Å². The summed E-state index contributed by atoms with van der Waals surface area (Å²) >= 11 is 15.1. The van der Waals surface area contributed by atoms with Crippen LogP contribution in [0.25, 0.3) is 0 Å². The van der Waals surface area contributed by atoms with Gasteiger partial charge in [0.05, 0.1) is 21.3 Å². The van der Waals surface area contributed by atoms with Gasteiger partial charge in [0, 0.05) is 4.47 Å². The lowest BCUT2D eigenvalue weighted by atomic mass is 10.1. The molecule has 2 aromatic rings. The van der Waals surface area contributed by atoms with Crippen molar-refractivity contribution in [3.63, 3.8) is 0 Å². The van der Waals surface area contributed by atoms with Crippen LogP contribution in [-0.4, -0.2) is 17.0 Å². The highest BCUT2D eigenvalue weighted by atomic mass is 79.9. The Hall–Kier alpha value is -1.56. The van der Waals surface area contributed by atoms with E-state index in [0.717, 1.165) is 4.47 Å². The van der Waals surface area contributed by atoms with E-state index in [2.05, 4.69) is 21.2 Å². The fourth-order valence-corrected chi connectivity index (χ4v) is 2.72. The minimum atomic E-state index is -1.22. The first-order valence-electron chi connectivity index (χ1n) is 5.68. The molecule has 0 saturated heterocycles. The Morgan fingerprint density at radius 1 is 1.10 bits per heavy atom. The van der Waals surface area contributed by atoms with Gasteiger partial charge in [-0.05, 0) is 30.3 Å². The van der Waals surface area contributed by atoms with Crippen LogP contribution < -0.4 is 5.32 Å². The van der Waals surface area contributed by atoms with Gasteiger partial charge < -0.3 is 10.4 Å². The van der Waals surface area contributed by atoms with Crippen molar-refractivity contribution < 1.29 is 14.7 Å². The Balaban J connectivity index is 2.36. The van der Waals surface area contributed by atoms with Crippen molar-refractivity contribution in [3.05, 3.63) is 62.0 Å². The molecule has 0 atom stereocenters. The van der Waals surface area contributed by atoms with Crippen LogP contribution in [0.3, 0.4) is 0 Å². The predicted octanol–water partition coefficient (Wildman–Crippen LogP) is 4.71. The van der Waals surface area contributed by atoms with Crippen LogP contribution >= 0.6 is 39.1 Å². The number of anilines is 1. The first kappa shape index (κ1) is 15.8. The maximum atomic E-state index is 12.2. The zero-order valence-electron chi connectivity index (χ0n) is 10.4. The third-order valence-corrected chi connectivity index (χ3v) is 3.77. The SMILES string of the molecule is O=C(Nc1cccc(Cl)c1C(=O)O)c1ccc(Br)cc1Cl. The molecule has 108 valence electrons. The van der Waals surface area contributed by atoms with E-state index < -0.39 is 11.9 Å². The number of aromatic carboxylic acids is 1. The minimum absolute atomic E-state index is 0.0437. The monoisotopic (exact) mass is 387 g/mol. The van der Waals surface area contributed by atoms with Crippen LogP contribution in [0.4, 0.5) is 5.69 Å². The molecule has 0 aliphatic rings. The first-order valence-corrected chi connectivity index (χ1v) is 7.23. The molecule has 0 unspecified atom stereocenters. The molecule has 0 bridgehead atoms. The lowest BCUT2D eigenvalue weighted by Gasteiger charge is -2.10. The van der Waals surface area contributed by atoms with Crippen molar-refractivity contribution in [2.75, 3.05) is 5.32 Å². The van der Waals surface area contributed by atoms with Gasteiger partial charge in [0.15, 0.2) is 0 Å². The van der Waals surface area contributed by atoms with Gasteiger partial charge in [-0.25, -0.2) is 4.79 Å². The zero-order valence-corrected chi connectivity index (χ0v) is 13.5. The second kappa shape index (κ2) is 6.47. The maximum absolute atomic E-state index is 12.2. The summed E-state index contributed by atoms with van der Waals surface area (Å²) in [5.74, 6) is -1.74. The lowest BCUT2D eigenvalue weighted by molar-refractivity contribution is 0.0698. The van der Waals surface area contributed by atoms with Crippen LogP contribution in [0.15, 0.2) is 40.9 Å². The van der Waals surface area contributed by atoms with Crippen molar-refractivity contribution >= 4 is 56.7 Å². The molecule has 0 aliphatic heterocycles. The molecule has 0 spiro atoms. The molecule has 2 N–H and O–H groups in total. The fourth-order valence-electron chi connectivity index (χ4n) is 1.71. The summed E-state index contributed by atoms with van der Waals surface area (Å²) < 4.78 is 0.734. The minimum Gasteiger partial charge on any atom is -0.478 e. The Labute approximate surface area is 138 Å². The number of hydrogen-bond acceptors (Lipinski definition) is 2. The molecule has 0 radical (unpaired) electrons. The number of hydrogen-bond donors (Lipinski definition) is 2. The number of rotatable bonds is 3. The van der Waals surface area contributed by atoms with Crippen molar-refractivity contribution in [1.82, 2.24) is 0 Å². The summed E-state index contributed by atoms with van der Waals surface area (Å²) in [6.07, 6.45) is 0. The van der Waals surface area contributed by atoms with Gasteiger partial charge in [-0.3, -0.25) is 4.79 Å². The highest BCUT2D eigenvalue weighted by molar-refractivity contribution is 9.10. The summed E-state index contributed by atoms with van der Waals surface area (Å²) in [5.41, 5.74) is 0.177. The van der Waals surface area contributed by atoms with Gasteiger partial charge in [-0.1, -0.05) is 45.2 Å². The standard InChI is InChI=1S/C14H8BrCl2NO3/c15-7-4-5-8(10(17)6-7)13(19)18-11-3-1-2-9(16)12(11)14(20)21/h1-6H,(H,18,19)(H,20,21). The van der Waals surface area contributed by atoms with Crippen LogP contribution in [0, 0.1) is 0 Å². The first-order chi connectivity index (χ1) is 9.90. The fraction of sp³-hybridized carbons (Fsp3) is 0. The summed E-state index contributed by atoms with van der Waals surface area (Å²) in [4.78, 5) is 23.4. The van der Waals surface area contributed by atoms with Gasteiger partial charge in [-0.15, -0.1) is 0 Å². The van der Waals surface area contributed by atoms with Crippen molar-refractivity contribution in [3.8, 4) is 0 Å². The zero-order chi connectivity index (χ0) is 15.6. The molecule has 7 heteroatoms. The van der Waals surface area contributed by atoms with Crippen LogP contribution in [0.5, 0.6) is 0 Å². The van der Waals surface area contributed by atoms with Crippen LogP contribution in [0.2, 0.25) is 10.0 Å². The number of carbonyl (C=O) groups is 2. The quantitative estimate of drug-likeness (QED) is 0.800.